The van der Waals surface area contributed by atoms with Crippen LogP contribution in [-0.2, 0) is 6.54 Å². The summed E-state index contributed by atoms with van der Waals surface area (Å²) in [7, 11) is 0. The average molecular weight is 373 g/mol. The topological polar surface area (TPSA) is 68.5 Å². The molecule has 0 aliphatic rings. The van der Waals surface area contributed by atoms with E-state index in [0.29, 0.717) is 0 Å². The Balaban J connectivity index is 1.65. The Hall–Kier alpha value is -2.28. The summed E-state index contributed by atoms with van der Waals surface area (Å²) in [5, 5.41) is 3.36. The van der Waals surface area contributed by atoms with E-state index in [-0.39, 0.29) is 0 Å². The zero-order valence-corrected chi connectivity index (χ0v) is 14.4. The van der Waals surface area contributed by atoms with E-state index in [9.17, 15) is 0 Å². The lowest BCUT2D eigenvalue weighted by atomic mass is 10.2. The van der Waals surface area contributed by atoms with Gasteiger partial charge in [0.05, 0.1) is 12.0 Å². The highest BCUT2D eigenvalue weighted by molar-refractivity contribution is 9.10. The molecule has 3 heterocycles. The summed E-state index contributed by atoms with van der Waals surface area (Å²) in [6.07, 6.45) is 10.1. The van der Waals surface area contributed by atoms with Crippen molar-refractivity contribution in [2.45, 2.75) is 19.9 Å². The summed E-state index contributed by atoms with van der Waals surface area (Å²) in [6.45, 7) is 3.66. The number of aromatic nitrogens is 5. The molecule has 0 aliphatic carbocycles. The fourth-order valence-electron chi connectivity index (χ4n) is 2.26. The number of anilines is 1. The molecule has 0 unspecified atom stereocenters. The molecule has 0 aromatic carbocycles. The summed E-state index contributed by atoms with van der Waals surface area (Å²) >= 11 is 3.44. The Morgan fingerprint density at radius 1 is 1.17 bits per heavy atom. The van der Waals surface area contributed by atoms with Crippen LogP contribution >= 0.6 is 15.9 Å². The van der Waals surface area contributed by atoms with Crippen molar-refractivity contribution >= 4 is 21.7 Å². The van der Waals surface area contributed by atoms with Crippen LogP contribution < -0.4 is 5.32 Å². The number of pyridine rings is 1. The smallest absolute Gasteiger partial charge is 0.130 e. The first-order valence-electron chi connectivity index (χ1n) is 7.37. The predicted molar refractivity (Wildman–Crippen MR) is 93.0 cm³/mol. The van der Waals surface area contributed by atoms with Crippen molar-refractivity contribution in [1.29, 1.82) is 0 Å². The molecule has 0 bridgehead atoms. The second kappa shape index (κ2) is 7.32. The van der Waals surface area contributed by atoms with Gasteiger partial charge in [-0.1, -0.05) is 0 Å². The van der Waals surface area contributed by atoms with Crippen molar-refractivity contribution < 1.29 is 0 Å². The maximum Gasteiger partial charge on any atom is 0.130 e. The lowest BCUT2D eigenvalue weighted by Crippen LogP contribution is -2.08. The van der Waals surface area contributed by atoms with E-state index in [1.165, 1.54) is 0 Å². The van der Waals surface area contributed by atoms with E-state index < -0.39 is 0 Å². The molecule has 0 aliphatic heterocycles. The van der Waals surface area contributed by atoms with Crippen molar-refractivity contribution in [3.63, 3.8) is 0 Å². The molecule has 0 saturated carbocycles. The minimum Gasteiger partial charge on any atom is -0.370 e. The van der Waals surface area contributed by atoms with Crippen LogP contribution in [0, 0.1) is 6.92 Å². The van der Waals surface area contributed by atoms with Gasteiger partial charge in [0, 0.05) is 54.0 Å². The minimum atomic E-state index is 0.736. The van der Waals surface area contributed by atoms with Crippen molar-refractivity contribution in [2.75, 3.05) is 11.9 Å². The summed E-state index contributed by atoms with van der Waals surface area (Å²) in [4.78, 5) is 17.2. The summed E-state index contributed by atoms with van der Waals surface area (Å²) < 4.78 is 2.99. The van der Waals surface area contributed by atoms with Gasteiger partial charge in [-0.2, -0.15) is 0 Å². The molecule has 0 saturated heterocycles. The Morgan fingerprint density at radius 2 is 2.09 bits per heavy atom. The third-order valence-electron chi connectivity index (χ3n) is 3.30. The predicted octanol–water partition coefficient (Wildman–Crippen LogP) is 3.31. The molecule has 0 spiro atoms. The van der Waals surface area contributed by atoms with Gasteiger partial charge in [-0.05, 0) is 35.3 Å². The molecule has 7 heteroatoms. The van der Waals surface area contributed by atoms with Gasteiger partial charge in [0.2, 0.25) is 0 Å². The minimum absolute atomic E-state index is 0.736. The fraction of sp³-hybridized carbons (Fsp3) is 0.250. The normalized spacial score (nSPS) is 10.7. The second-order valence-electron chi connectivity index (χ2n) is 5.16. The van der Waals surface area contributed by atoms with Gasteiger partial charge >= 0.3 is 0 Å². The molecule has 0 amide bonds. The third kappa shape index (κ3) is 4.35. The quantitative estimate of drug-likeness (QED) is 0.672. The lowest BCUT2D eigenvalue weighted by molar-refractivity contribution is 0.660. The van der Waals surface area contributed by atoms with Crippen LogP contribution in [0.15, 0.2) is 47.7 Å². The number of nitrogens with one attached hydrogen (secondary N) is 1. The van der Waals surface area contributed by atoms with Crippen molar-refractivity contribution in [2.24, 2.45) is 0 Å². The van der Waals surface area contributed by atoms with Crippen LogP contribution in [0.5, 0.6) is 0 Å². The van der Waals surface area contributed by atoms with Crippen LogP contribution in [0.3, 0.4) is 0 Å². The van der Waals surface area contributed by atoms with E-state index in [0.717, 1.165) is 46.9 Å². The lowest BCUT2D eigenvalue weighted by Gasteiger charge is -2.09. The van der Waals surface area contributed by atoms with Gasteiger partial charge in [-0.3, -0.25) is 4.98 Å². The zero-order chi connectivity index (χ0) is 16.1. The van der Waals surface area contributed by atoms with E-state index >= 15 is 0 Å². The molecule has 1 N–H and O–H groups in total. The van der Waals surface area contributed by atoms with Crippen LogP contribution in [0.1, 0.15) is 12.2 Å². The molecular weight excluding hydrogens is 356 g/mol. The number of nitrogens with zero attached hydrogens (tertiary/aromatic N) is 5. The first-order valence-corrected chi connectivity index (χ1v) is 8.16. The van der Waals surface area contributed by atoms with E-state index in [1.807, 2.05) is 31.6 Å². The summed E-state index contributed by atoms with van der Waals surface area (Å²) in [6, 6.07) is 3.95. The number of imidazole rings is 1. The van der Waals surface area contributed by atoms with E-state index in [4.69, 9.17) is 0 Å². The third-order valence-corrected chi connectivity index (χ3v) is 3.73. The van der Waals surface area contributed by atoms with Gasteiger partial charge in [0.25, 0.3) is 0 Å². The molecular formula is C16H17BrN6. The summed E-state index contributed by atoms with van der Waals surface area (Å²) in [5.74, 6) is 1.57. The monoisotopic (exact) mass is 372 g/mol. The highest BCUT2D eigenvalue weighted by atomic mass is 79.9. The highest BCUT2D eigenvalue weighted by Gasteiger charge is 2.05. The summed E-state index contributed by atoms with van der Waals surface area (Å²) in [5.41, 5.74) is 1.83. The largest absolute Gasteiger partial charge is 0.370 e. The molecule has 3 aromatic rings. The number of halogens is 1. The van der Waals surface area contributed by atoms with Crippen molar-refractivity contribution in [3.05, 3.63) is 53.5 Å². The molecule has 0 radical (unpaired) electrons. The number of hydrogen-bond donors (Lipinski definition) is 1. The van der Waals surface area contributed by atoms with Crippen LogP contribution in [-0.4, -0.2) is 31.0 Å². The fourth-order valence-corrected chi connectivity index (χ4v) is 2.62. The zero-order valence-electron chi connectivity index (χ0n) is 12.8. The molecule has 118 valence electrons. The first-order chi connectivity index (χ1) is 11.2. The highest BCUT2D eigenvalue weighted by Crippen LogP contribution is 2.22. The van der Waals surface area contributed by atoms with Gasteiger partial charge < -0.3 is 9.88 Å². The average Bonchev–Trinajstić information content (AvgIpc) is 3.04. The Labute approximate surface area is 143 Å². The SMILES string of the molecule is Cc1nc(NCCCn2ccnc2)cc(-c2cncc(Br)c2)n1. The van der Waals surface area contributed by atoms with Crippen molar-refractivity contribution in [1.82, 2.24) is 24.5 Å². The van der Waals surface area contributed by atoms with Gasteiger partial charge in [-0.15, -0.1) is 0 Å². The first kappa shape index (κ1) is 15.6. The van der Waals surface area contributed by atoms with Gasteiger partial charge in [-0.25, -0.2) is 15.0 Å². The molecule has 3 rings (SSSR count). The number of rotatable bonds is 6. The van der Waals surface area contributed by atoms with Crippen molar-refractivity contribution in [3.8, 4) is 11.3 Å². The van der Waals surface area contributed by atoms with Gasteiger partial charge in [0.15, 0.2) is 0 Å². The molecule has 3 aromatic heterocycles. The van der Waals surface area contributed by atoms with Crippen LogP contribution in [0.4, 0.5) is 5.82 Å². The molecule has 0 fully saturated rings. The second-order valence-corrected chi connectivity index (χ2v) is 6.07. The van der Waals surface area contributed by atoms with Crippen LogP contribution in [0.25, 0.3) is 11.3 Å². The molecule has 0 atom stereocenters. The van der Waals surface area contributed by atoms with Gasteiger partial charge in [0.1, 0.15) is 11.6 Å². The Kier molecular flexibility index (Phi) is 4.97. The van der Waals surface area contributed by atoms with Crippen LogP contribution in [0.2, 0.25) is 0 Å². The Morgan fingerprint density at radius 3 is 2.87 bits per heavy atom. The molecule has 6 nitrogen and oxygen atoms in total. The van der Waals surface area contributed by atoms with E-state index in [2.05, 4.69) is 45.7 Å². The number of hydrogen-bond acceptors (Lipinski definition) is 5. The molecule has 23 heavy (non-hydrogen) atoms. The maximum atomic E-state index is 4.49. The maximum absolute atomic E-state index is 4.49. The standard InChI is InChI=1S/C16H17BrN6/c1-12-21-15(13-7-14(17)10-19-9-13)8-16(22-12)20-3-2-5-23-6-4-18-11-23/h4,6-11H,2-3,5H2,1H3,(H,20,21,22). The number of aryl methyl sites for hydroxylation is 2. The Bertz CT molecular complexity index is 772. The van der Waals surface area contributed by atoms with E-state index in [1.54, 1.807) is 18.6 Å².